The van der Waals surface area contributed by atoms with Gasteiger partial charge >= 0.3 is 0 Å². The van der Waals surface area contributed by atoms with Crippen LogP contribution in [0.15, 0.2) is 54.3 Å². The Balaban J connectivity index is 1.64. The topological polar surface area (TPSA) is 67.8 Å². The van der Waals surface area contributed by atoms with Crippen molar-refractivity contribution in [2.45, 2.75) is 6.54 Å². The first-order chi connectivity index (χ1) is 10.3. The number of carbonyl (C=O) groups is 1. The molecule has 0 bridgehead atoms. The van der Waals surface area contributed by atoms with E-state index in [1.165, 1.54) is 0 Å². The molecular weight excluding hydrogens is 284 g/mol. The Labute approximate surface area is 125 Å². The number of aromatic nitrogens is 3. The molecule has 6 heteroatoms. The van der Waals surface area contributed by atoms with Crippen molar-refractivity contribution < 1.29 is 4.79 Å². The molecule has 0 spiro atoms. The van der Waals surface area contributed by atoms with Gasteiger partial charge < -0.3 is 5.32 Å². The van der Waals surface area contributed by atoms with Crippen molar-refractivity contribution >= 4 is 17.2 Å². The summed E-state index contributed by atoms with van der Waals surface area (Å²) in [4.78, 5) is 24.4. The lowest BCUT2D eigenvalue weighted by Gasteiger charge is -2.01. The van der Waals surface area contributed by atoms with Crippen molar-refractivity contribution in [1.29, 1.82) is 0 Å². The highest BCUT2D eigenvalue weighted by atomic mass is 32.1. The van der Waals surface area contributed by atoms with Crippen molar-refractivity contribution in [3.8, 4) is 10.6 Å². The molecule has 3 aromatic heterocycles. The summed E-state index contributed by atoms with van der Waals surface area (Å²) in [5.41, 5.74) is 2.26. The highest BCUT2D eigenvalue weighted by molar-refractivity contribution is 7.13. The number of rotatable bonds is 4. The Hall–Kier alpha value is -2.60. The second-order valence-electron chi connectivity index (χ2n) is 4.28. The van der Waals surface area contributed by atoms with Crippen LogP contribution in [-0.4, -0.2) is 20.9 Å². The molecule has 1 amide bonds. The van der Waals surface area contributed by atoms with Crippen molar-refractivity contribution in [2.75, 3.05) is 0 Å². The Morgan fingerprint density at radius 3 is 2.76 bits per heavy atom. The fourth-order valence-electron chi connectivity index (χ4n) is 1.77. The van der Waals surface area contributed by atoms with E-state index in [9.17, 15) is 4.79 Å². The second kappa shape index (κ2) is 6.23. The molecule has 0 atom stereocenters. The van der Waals surface area contributed by atoms with Crippen LogP contribution in [0.1, 0.15) is 16.2 Å². The normalized spacial score (nSPS) is 10.3. The minimum absolute atomic E-state index is 0.200. The molecule has 0 radical (unpaired) electrons. The number of hydrogen-bond acceptors (Lipinski definition) is 5. The number of nitrogens with one attached hydrogen (secondary N) is 1. The summed E-state index contributed by atoms with van der Waals surface area (Å²) in [5, 5.41) is 5.67. The molecule has 0 saturated carbocycles. The second-order valence-corrected chi connectivity index (χ2v) is 5.14. The largest absolute Gasteiger partial charge is 0.345 e. The monoisotopic (exact) mass is 296 g/mol. The molecule has 0 aliphatic rings. The van der Waals surface area contributed by atoms with Gasteiger partial charge in [-0.3, -0.25) is 14.8 Å². The average molecular weight is 296 g/mol. The van der Waals surface area contributed by atoms with Crippen LogP contribution in [0.4, 0.5) is 0 Å². The van der Waals surface area contributed by atoms with Crippen LogP contribution in [0.3, 0.4) is 0 Å². The number of pyridine rings is 2. The van der Waals surface area contributed by atoms with Gasteiger partial charge in [0.1, 0.15) is 10.7 Å². The molecule has 0 aromatic carbocycles. The van der Waals surface area contributed by atoms with E-state index in [4.69, 9.17) is 0 Å². The molecule has 5 nitrogen and oxygen atoms in total. The van der Waals surface area contributed by atoms with E-state index in [1.807, 2.05) is 17.5 Å². The zero-order valence-corrected chi connectivity index (χ0v) is 11.9. The maximum absolute atomic E-state index is 11.9. The smallest absolute Gasteiger partial charge is 0.270 e. The number of thiazole rings is 1. The van der Waals surface area contributed by atoms with Gasteiger partial charge in [-0.25, -0.2) is 4.98 Å². The molecule has 1 N–H and O–H groups in total. The van der Waals surface area contributed by atoms with Crippen LogP contribution in [0.2, 0.25) is 0 Å². The Morgan fingerprint density at radius 2 is 2.00 bits per heavy atom. The molecule has 21 heavy (non-hydrogen) atoms. The summed E-state index contributed by atoms with van der Waals surface area (Å²) in [6.07, 6.45) is 5.07. The number of hydrogen-bond donors (Lipinski definition) is 1. The average Bonchev–Trinajstić information content (AvgIpc) is 3.03. The van der Waals surface area contributed by atoms with Gasteiger partial charge in [0.2, 0.25) is 0 Å². The summed E-state index contributed by atoms with van der Waals surface area (Å²) in [5.74, 6) is -0.200. The van der Waals surface area contributed by atoms with Gasteiger partial charge in [0.15, 0.2) is 0 Å². The van der Waals surface area contributed by atoms with E-state index in [-0.39, 0.29) is 5.91 Å². The van der Waals surface area contributed by atoms with Crippen LogP contribution < -0.4 is 5.32 Å². The molecule has 0 aliphatic heterocycles. The lowest BCUT2D eigenvalue weighted by atomic mass is 10.3. The van der Waals surface area contributed by atoms with Crippen LogP contribution >= 0.6 is 11.3 Å². The van der Waals surface area contributed by atoms with Crippen molar-refractivity contribution in [2.24, 2.45) is 0 Å². The Bertz CT molecular complexity index is 728. The van der Waals surface area contributed by atoms with Gasteiger partial charge in [0, 0.05) is 29.5 Å². The first-order valence-electron chi connectivity index (χ1n) is 6.37. The highest BCUT2D eigenvalue weighted by Crippen LogP contribution is 2.22. The van der Waals surface area contributed by atoms with Gasteiger partial charge in [-0.2, -0.15) is 0 Å². The van der Waals surface area contributed by atoms with Crippen molar-refractivity contribution in [1.82, 2.24) is 20.3 Å². The molecule has 0 aliphatic carbocycles. The predicted molar refractivity (Wildman–Crippen MR) is 80.8 cm³/mol. The Morgan fingerprint density at radius 1 is 1.14 bits per heavy atom. The van der Waals surface area contributed by atoms with Gasteiger partial charge in [-0.05, 0) is 24.3 Å². The summed E-state index contributed by atoms with van der Waals surface area (Å²) in [6, 6.07) is 9.06. The SMILES string of the molecule is O=C(NCc1csc(-c2ccncc2)n1)c1ccccn1. The number of carbonyl (C=O) groups excluding carboxylic acids is 1. The highest BCUT2D eigenvalue weighted by Gasteiger charge is 2.08. The summed E-state index contributed by atoms with van der Waals surface area (Å²) < 4.78 is 0. The fourth-order valence-corrected chi connectivity index (χ4v) is 2.60. The maximum atomic E-state index is 11.9. The van der Waals surface area contributed by atoms with E-state index < -0.39 is 0 Å². The molecular formula is C15H12N4OS. The van der Waals surface area contributed by atoms with E-state index in [0.29, 0.717) is 12.2 Å². The number of amides is 1. The zero-order chi connectivity index (χ0) is 14.5. The van der Waals surface area contributed by atoms with Crippen LogP contribution in [0, 0.1) is 0 Å². The minimum Gasteiger partial charge on any atom is -0.345 e. The lowest BCUT2D eigenvalue weighted by Crippen LogP contribution is -2.23. The fraction of sp³-hybridized carbons (Fsp3) is 0.0667. The van der Waals surface area contributed by atoms with Gasteiger partial charge in [-0.1, -0.05) is 6.07 Å². The first-order valence-corrected chi connectivity index (χ1v) is 7.25. The predicted octanol–water partition coefficient (Wildman–Crippen LogP) is 2.53. The first kappa shape index (κ1) is 13.4. The summed E-state index contributed by atoms with van der Waals surface area (Å²) in [6.45, 7) is 0.386. The van der Waals surface area contributed by atoms with Crippen molar-refractivity contribution in [3.05, 3.63) is 65.7 Å². The summed E-state index contributed by atoms with van der Waals surface area (Å²) in [7, 11) is 0. The molecule has 0 saturated heterocycles. The minimum atomic E-state index is -0.200. The van der Waals surface area contributed by atoms with Crippen LogP contribution in [0.25, 0.3) is 10.6 Å². The third-order valence-corrected chi connectivity index (χ3v) is 3.75. The van der Waals surface area contributed by atoms with E-state index >= 15 is 0 Å². The standard InChI is InChI=1S/C15H12N4OS/c20-14(13-3-1-2-6-17-13)18-9-12-10-21-15(19-12)11-4-7-16-8-5-11/h1-8,10H,9H2,(H,18,20). The number of nitrogens with zero attached hydrogens (tertiary/aromatic N) is 3. The third-order valence-electron chi connectivity index (χ3n) is 2.81. The van der Waals surface area contributed by atoms with E-state index in [0.717, 1.165) is 16.3 Å². The van der Waals surface area contributed by atoms with Gasteiger partial charge in [0.25, 0.3) is 5.91 Å². The third kappa shape index (κ3) is 3.29. The molecule has 3 aromatic rings. The molecule has 3 heterocycles. The van der Waals surface area contributed by atoms with Crippen LogP contribution in [0.5, 0.6) is 0 Å². The molecule has 0 unspecified atom stereocenters. The molecule has 3 rings (SSSR count). The van der Waals surface area contributed by atoms with Gasteiger partial charge in [0.05, 0.1) is 12.2 Å². The quantitative estimate of drug-likeness (QED) is 0.803. The molecule has 104 valence electrons. The van der Waals surface area contributed by atoms with E-state index in [2.05, 4.69) is 20.3 Å². The zero-order valence-electron chi connectivity index (χ0n) is 11.1. The van der Waals surface area contributed by atoms with E-state index in [1.54, 1.807) is 48.1 Å². The maximum Gasteiger partial charge on any atom is 0.270 e. The van der Waals surface area contributed by atoms with Crippen LogP contribution in [-0.2, 0) is 6.54 Å². The Kier molecular flexibility index (Phi) is 3.97. The van der Waals surface area contributed by atoms with Gasteiger partial charge in [-0.15, -0.1) is 11.3 Å². The summed E-state index contributed by atoms with van der Waals surface area (Å²) >= 11 is 1.54. The lowest BCUT2D eigenvalue weighted by molar-refractivity contribution is 0.0945. The molecule has 0 fully saturated rings. The van der Waals surface area contributed by atoms with Crippen molar-refractivity contribution in [3.63, 3.8) is 0 Å².